The van der Waals surface area contributed by atoms with Crippen molar-refractivity contribution in [3.8, 4) is 0 Å². The highest BCUT2D eigenvalue weighted by molar-refractivity contribution is 5.86. The molecule has 4 atom stereocenters. The van der Waals surface area contributed by atoms with Crippen LogP contribution in [-0.4, -0.2) is 64.5 Å². The lowest BCUT2D eigenvalue weighted by Gasteiger charge is -2.29. The molecule has 1 aromatic carbocycles. The summed E-state index contributed by atoms with van der Waals surface area (Å²) in [5.74, 6) is -0.240. The van der Waals surface area contributed by atoms with Crippen LogP contribution in [0.3, 0.4) is 0 Å². The fourth-order valence-corrected chi connectivity index (χ4v) is 3.94. The van der Waals surface area contributed by atoms with Gasteiger partial charge in [-0.15, -0.1) is 0 Å². The summed E-state index contributed by atoms with van der Waals surface area (Å²) in [6, 6.07) is 7.86. The minimum atomic E-state index is -0.977. The van der Waals surface area contributed by atoms with E-state index in [9.17, 15) is 19.5 Å². The number of nitrogens with zero attached hydrogens (tertiary/aromatic N) is 1. The van der Waals surface area contributed by atoms with Crippen LogP contribution in [0.4, 0.5) is 9.59 Å². The molecule has 0 saturated carbocycles. The molecule has 0 spiro atoms. The number of aliphatic hydroxyl groups is 1. The van der Waals surface area contributed by atoms with Crippen LogP contribution in [0.2, 0.25) is 0 Å². The molecule has 0 radical (unpaired) electrons. The Balaban J connectivity index is 1.99. The summed E-state index contributed by atoms with van der Waals surface area (Å²) in [6.45, 7) is 11.3. The largest absolute Gasteiger partial charge is 0.445 e. The summed E-state index contributed by atoms with van der Waals surface area (Å²) >= 11 is 0. The van der Waals surface area contributed by atoms with Gasteiger partial charge in [0.1, 0.15) is 18.2 Å². The molecule has 9 nitrogen and oxygen atoms in total. The molecule has 1 unspecified atom stereocenters. The van der Waals surface area contributed by atoms with Crippen LogP contribution in [0, 0.1) is 5.92 Å². The van der Waals surface area contributed by atoms with Gasteiger partial charge in [0, 0.05) is 6.04 Å². The molecule has 9 heteroatoms. The van der Waals surface area contributed by atoms with Crippen molar-refractivity contribution in [2.24, 2.45) is 5.92 Å². The zero-order chi connectivity index (χ0) is 26.2. The Morgan fingerprint density at radius 2 is 1.80 bits per heavy atom. The van der Waals surface area contributed by atoms with Gasteiger partial charge in [-0.1, -0.05) is 44.2 Å². The highest BCUT2D eigenvalue weighted by Crippen LogP contribution is 2.20. The number of benzene rings is 1. The molecular formula is C26H41N3O6. The van der Waals surface area contributed by atoms with Gasteiger partial charge in [-0.25, -0.2) is 9.59 Å². The summed E-state index contributed by atoms with van der Waals surface area (Å²) in [5, 5.41) is 16.4. The normalized spacial score (nSPS) is 21.6. The predicted octanol–water partition coefficient (Wildman–Crippen LogP) is 3.59. The standard InChI is InChI=1S/C26H41N3O6/c1-17(2)14-21(28-24(32)35-26(4,5)6)23(31)27-20-13-12-18(3)29(15-22(20)30)25(33)34-16-19-10-8-7-9-11-19/h7-11,17-18,20-22,30H,12-16H2,1-6H3,(H,27,31)(H,28,32)/t18-,20+,21?,22+/m1/s1. The van der Waals surface area contributed by atoms with Crippen molar-refractivity contribution in [1.82, 2.24) is 15.5 Å². The third-order valence-electron chi connectivity index (χ3n) is 5.76. The third-order valence-corrected chi connectivity index (χ3v) is 5.76. The van der Waals surface area contributed by atoms with Gasteiger partial charge in [-0.05, 0) is 58.4 Å². The number of nitrogens with one attached hydrogen (secondary N) is 2. The molecule has 0 bridgehead atoms. The number of ether oxygens (including phenoxy) is 2. The average molecular weight is 492 g/mol. The Labute approximate surface area is 208 Å². The van der Waals surface area contributed by atoms with Crippen molar-refractivity contribution in [2.45, 2.75) is 97.2 Å². The van der Waals surface area contributed by atoms with E-state index in [2.05, 4.69) is 10.6 Å². The van der Waals surface area contributed by atoms with Crippen molar-refractivity contribution in [3.05, 3.63) is 35.9 Å². The Hall–Kier alpha value is -2.81. The van der Waals surface area contributed by atoms with Crippen molar-refractivity contribution >= 4 is 18.1 Å². The second kappa shape index (κ2) is 12.8. The highest BCUT2D eigenvalue weighted by Gasteiger charge is 2.35. The number of carbonyl (C=O) groups is 3. The highest BCUT2D eigenvalue weighted by atomic mass is 16.6. The lowest BCUT2D eigenvalue weighted by Crippen LogP contribution is -2.54. The molecule has 1 saturated heterocycles. The van der Waals surface area contributed by atoms with E-state index in [4.69, 9.17) is 9.47 Å². The van der Waals surface area contributed by atoms with Crippen molar-refractivity contribution in [3.63, 3.8) is 0 Å². The molecule has 2 rings (SSSR count). The lowest BCUT2D eigenvalue weighted by atomic mass is 10.0. The molecule has 196 valence electrons. The van der Waals surface area contributed by atoms with Crippen LogP contribution >= 0.6 is 0 Å². The molecule has 1 aliphatic rings. The molecule has 3 N–H and O–H groups in total. The first-order valence-electron chi connectivity index (χ1n) is 12.3. The van der Waals surface area contributed by atoms with Gasteiger partial charge in [0.25, 0.3) is 0 Å². The summed E-state index contributed by atoms with van der Waals surface area (Å²) in [4.78, 5) is 39.6. The van der Waals surface area contributed by atoms with Crippen molar-refractivity contribution in [2.75, 3.05) is 6.54 Å². The van der Waals surface area contributed by atoms with Gasteiger partial charge in [-0.2, -0.15) is 0 Å². The Kier molecular flexibility index (Phi) is 10.4. The Morgan fingerprint density at radius 1 is 1.14 bits per heavy atom. The maximum absolute atomic E-state index is 13.1. The Bertz CT molecular complexity index is 839. The summed E-state index contributed by atoms with van der Waals surface area (Å²) in [6.07, 6.45) is -0.664. The zero-order valence-corrected chi connectivity index (χ0v) is 21.7. The Morgan fingerprint density at radius 3 is 2.40 bits per heavy atom. The number of rotatable bonds is 7. The molecule has 3 amide bonds. The number of hydrogen-bond donors (Lipinski definition) is 3. The molecule has 0 aromatic heterocycles. The molecule has 0 aliphatic carbocycles. The molecule has 35 heavy (non-hydrogen) atoms. The number of carbonyl (C=O) groups excluding carboxylic acids is 3. The molecule has 1 fully saturated rings. The number of β-amino-alcohol motifs (C(OH)–C–C–N with tert-alkyl or cyclic N) is 1. The average Bonchev–Trinajstić information content (AvgIpc) is 2.89. The SMILES string of the molecule is CC(C)CC(NC(=O)OC(C)(C)C)C(=O)N[C@H]1CC[C@@H](C)N(C(=O)OCc2ccccc2)C[C@@H]1O. The van der Waals surface area contributed by atoms with E-state index in [1.54, 1.807) is 20.8 Å². The first-order chi connectivity index (χ1) is 16.4. The van der Waals surface area contributed by atoms with E-state index in [-0.39, 0.29) is 31.0 Å². The number of likely N-dealkylation sites (tertiary alicyclic amines) is 1. The smallest absolute Gasteiger partial charge is 0.410 e. The topological polar surface area (TPSA) is 117 Å². The second-order valence-electron chi connectivity index (χ2n) is 10.6. The van der Waals surface area contributed by atoms with E-state index in [0.29, 0.717) is 19.3 Å². The van der Waals surface area contributed by atoms with Crippen LogP contribution in [0.1, 0.15) is 66.4 Å². The third kappa shape index (κ3) is 9.76. The second-order valence-corrected chi connectivity index (χ2v) is 10.6. The van der Waals surface area contributed by atoms with E-state index < -0.39 is 36.0 Å². The number of hydrogen-bond acceptors (Lipinski definition) is 6. The van der Waals surface area contributed by atoms with Crippen LogP contribution in [-0.2, 0) is 20.9 Å². The number of amides is 3. The van der Waals surface area contributed by atoms with Gasteiger partial charge in [0.2, 0.25) is 5.91 Å². The maximum atomic E-state index is 13.1. The van der Waals surface area contributed by atoms with E-state index >= 15 is 0 Å². The van der Waals surface area contributed by atoms with Crippen LogP contribution in [0.25, 0.3) is 0 Å². The first-order valence-corrected chi connectivity index (χ1v) is 12.3. The molecular weight excluding hydrogens is 450 g/mol. The van der Waals surface area contributed by atoms with Gasteiger partial charge in [0.15, 0.2) is 0 Å². The predicted molar refractivity (Wildman–Crippen MR) is 133 cm³/mol. The van der Waals surface area contributed by atoms with Crippen LogP contribution in [0.15, 0.2) is 30.3 Å². The van der Waals surface area contributed by atoms with E-state index in [1.807, 2.05) is 51.1 Å². The van der Waals surface area contributed by atoms with Crippen molar-refractivity contribution in [1.29, 1.82) is 0 Å². The van der Waals surface area contributed by atoms with Gasteiger partial charge in [-0.3, -0.25) is 4.79 Å². The minimum Gasteiger partial charge on any atom is -0.445 e. The van der Waals surface area contributed by atoms with E-state index in [0.717, 1.165) is 5.56 Å². The summed E-state index contributed by atoms with van der Waals surface area (Å²) in [7, 11) is 0. The lowest BCUT2D eigenvalue weighted by molar-refractivity contribution is -0.125. The number of alkyl carbamates (subject to hydrolysis) is 1. The molecule has 1 heterocycles. The zero-order valence-electron chi connectivity index (χ0n) is 21.7. The van der Waals surface area contributed by atoms with Crippen LogP contribution < -0.4 is 10.6 Å². The maximum Gasteiger partial charge on any atom is 0.410 e. The summed E-state index contributed by atoms with van der Waals surface area (Å²) < 4.78 is 10.8. The van der Waals surface area contributed by atoms with Crippen molar-refractivity contribution < 1.29 is 29.0 Å². The minimum absolute atomic E-state index is 0.0358. The van der Waals surface area contributed by atoms with Gasteiger partial charge < -0.3 is 30.1 Å². The monoisotopic (exact) mass is 491 g/mol. The summed E-state index contributed by atoms with van der Waals surface area (Å²) in [5.41, 5.74) is 0.192. The molecule has 1 aromatic rings. The quantitative estimate of drug-likeness (QED) is 0.537. The van der Waals surface area contributed by atoms with Gasteiger partial charge in [0.05, 0.1) is 18.7 Å². The number of aliphatic hydroxyl groups excluding tert-OH is 1. The van der Waals surface area contributed by atoms with E-state index in [1.165, 1.54) is 4.90 Å². The fourth-order valence-electron chi connectivity index (χ4n) is 3.94. The molecule has 1 aliphatic heterocycles. The van der Waals surface area contributed by atoms with Crippen LogP contribution in [0.5, 0.6) is 0 Å². The van der Waals surface area contributed by atoms with Gasteiger partial charge >= 0.3 is 12.2 Å². The first kappa shape index (κ1) is 28.4. The fraction of sp³-hybridized carbons (Fsp3) is 0.654.